The first kappa shape index (κ1) is 13.0. The van der Waals surface area contributed by atoms with Crippen molar-refractivity contribution < 1.29 is 14.4 Å². The number of nitrogens with zero attached hydrogens (tertiary/aromatic N) is 1. The Morgan fingerprint density at radius 1 is 1.11 bits per heavy atom. The lowest BCUT2D eigenvalue weighted by molar-refractivity contribution is -0.111. The molecule has 0 aliphatic carbocycles. The van der Waals surface area contributed by atoms with Crippen LogP contribution in [0.2, 0.25) is 0 Å². The predicted octanol–water partition coefficient (Wildman–Crippen LogP) is 2.83. The minimum absolute atomic E-state index is 0.519. The van der Waals surface area contributed by atoms with Crippen LogP contribution in [0.3, 0.4) is 0 Å². The number of benzene rings is 2. The highest BCUT2D eigenvalue weighted by Gasteiger charge is 2.08. The summed E-state index contributed by atoms with van der Waals surface area (Å²) >= 11 is 0. The predicted molar refractivity (Wildman–Crippen MR) is 73.1 cm³/mol. The summed E-state index contributed by atoms with van der Waals surface area (Å²) in [5.74, 6) is 1.18. The number of ether oxygens (including phenoxy) is 1. The van der Waals surface area contributed by atoms with E-state index in [0.29, 0.717) is 23.6 Å². The van der Waals surface area contributed by atoms with Gasteiger partial charge in [-0.3, -0.25) is 4.79 Å². The molecule has 1 amide bonds. The van der Waals surface area contributed by atoms with Gasteiger partial charge >= 0.3 is 0 Å². The zero-order valence-corrected chi connectivity index (χ0v) is 10.6. The van der Waals surface area contributed by atoms with Crippen LogP contribution in [0.5, 0.6) is 11.5 Å². The van der Waals surface area contributed by atoms with Crippen molar-refractivity contribution in [1.82, 2.24) is 0 Å². The summed E-state index contributed by atoms with van der Waals surface area (Å²) in [4.78, 5) is 16.6. The van der Waals surface area contributed by atoms with Crippen molar-refractivity contribution in [3.8, 4) is 11.5 Å². The van der Waals surface area contributed by atoms with E-state index in [1.54, 1.807) is 55.6 Å². The van der Waals surface area contributed by atoms with E-state index in [9.17, 15) is 4.79 Å². The van der Waals surface area contributed by atoms with Gasteiger partial charge in [0.1, 0.15) is 5.75 Å². The van der Waals surface area contributed by atoms with E-state index < -0.39 is 0 Å². The number of amides is 1. The molecule has 0 saturated heterocycles. The lowest BCUT2D eigenvalue weighted by Crippen LogP contribution is -2.25. The fourth-order valence-electron chi connectivity index (χ4n) is 1.55. The Morgan fingerprint density at radius 2 is 1.79 bits per heavy atom. The highest BCUT2D eigenvalue weighted by atomic mass is 16.7. The maximum absolute atomic E-state index is 11.1. The highest BCUT2D eigenvalue weighted by molar-refractivity contribution is 5.72. The molecule has 1 radical (unpaired) electrons. The summed E-state index contributed by atoms with van der Waals surface area (Å²) in [6.07, 6.45) is 0.609. The van der Waals surface area contributed by atoms with Crippen LogP contribution in [0, 0.1) is 6.92 Å². The molecule has 0 bridgehead atoms. The molecule has 0 fully saturated rings. The van der Waals surface area contributed by atoms with Gasteiger partial charge < -0.3 is 9.57 Å². The summed E-state index contributed by atoms with van der Waals surface area (Å²) in [5.41, 5.74) is 1.50. The molecule has 0 aliphatic heterocycles. The second kappa shape index (κ2) is 5.91. The summed E-state index contributed by atoms with van der Waals surface area (Å²) in [5, 5.41) is 1.15. The standard InChI is InChI=1S/C15H14NO3/c1-12-6-8-13(9-7-12)16(11-17)19-15-5-3-4-14(10-15)18-2/h3-11H,1H2,2H3. The molecule has 2 aromatic carbocycles. The van der Waals surface area contributed by atoms with E-state index in [1.165, 1.54) is 0 Å². The molecule has 0 heterocycles. The maximum Gasteiger partial charge on any atom is 0.247 e. The van der Waals surface area contributed by atoms with Crippen molar-refractivity contribution in [2.24, 2.45) is 0 Å². The second-order valence-electron chi connectivity index (χ2n) is 3.87. The Kier molecular flexibility index (Phi) is 4.03. The van der Waals surface area contributed by atoms with Crippen molar-refractivity contribution in [2.45, 2.75) is 0 Å². The number of hydrogen-bond donors (Lipinski definition) is 0. The molecular formula is C15H14NO3. The van der Waals surface area contributed by atoms with E-state index in [1.807, 2.05) is 0 Å². The van der Waals surface area contributed by atoms with Gasteiger partial charge in [-0.25, -0.2) is 0 Å². The monoisotopic (exact) mass is 256 g/mol. The van der Waals surface area contributed by atoms with Crippen molar-refractivity contribution in [3.63, 3.8) is 0 Å². The number of hydroxylamine groups is 1. The van der Waals surface area contributed by atoms with Gasteiger partial charge in [-0.2, -0.15) is 0 Å². The van der Waals surface area contributed by atoms with Gasteiger partial charge in [0.2, 0.25) is 6.41 Å². The lowest BCUT2D eigenvalue weighted by Gasteiger charge is -2.18. The van der Waals surface area contributed by atoms with Crippen molar-refractivity contribution in [3.05, 3.63) is 61.0 Å². The SMILES string of the molecule is [CH2]c1ccc(N(C=O)Oc2cccc(OC)c2)cc1. The molecule has 0 N–H and O–H groups in total. The van der Waals surface area contributed by atoms with E-state index in [-0.39, 0.29) is 0 Å². The minimum atomic E-state index is 0.519. The molecule has 97 valence electrons. The molecule has 0 atom stereocenters. The zero-order chi connectivity index (χ0) is 13.7. The number of hydrogen-bond acceptors (Lipinski definition) is 3. The first-order chi connectivity index (χ1) is 9.22. The molecule has 2 aromatic rings. The molecular weight excluding hydrogens is 242 g/mol. The summed E-state index contributed by atoms with van der Waals surface area (Å²) < 4.78 is 5.10. The molecule has 2 rings (SSSR count). The Morgan fingerprint density at radius 3 is 2.42 bits per heavy atom. The fourth-order valence-corrected chi connectivity index (χ4v) is 1.55. The largest absolute Gasteiger partial charge is 0.497 e. The average Bonchev–Trinajstić information content (AvgIpc) is 2.46. The van der Waals surface area contributed by atoms with Crippen LogP contribution in [0.15, 0.2) is 48.5 Å². The van der Waals surface area contributed by atoms with Crippen molar-refractivity contribution >= 4 is 12.1 Å². The molecule has 4 heteroatoms. The van der Waals surface area contributed by atoms with Crippen LogP contribution in [0.4, 0.5) is 5.69 Å². The van der Waals surface area contributed by atoms with Gasteiger partial charge in [-0.1, -0.05) is 18.2 Å². The number of methoxy groups -OCH3 is 1. The quantitative estimate of drug-likeness (QED) is 0.610. The third-order valence-corrected chi connectivity index (χ3v) is 2.53. The second-order valence-corrected chi connectivity index (χ2v) is 3.87. The highest BCUT2D eigenvalue weighted by Crippen LogP contribution is 2.22. The van der Waals surface area contributed by atoms with Crippen LogP contribution in [-0.2, 0) is 4.79 Å². The third kappa shape index (κ3) is 3.25. The minimum Gasteiger partial charge on any atom is -0.497 e. The molecule has 0 unspecified atom stereocenters. The molecule has 4 nitrogen and oxygen atoms in total. The van der Waals surface area contributed by atoms with Crippen LogP contribution in [-0.4, -0.2) is 13.5 Å². The zero-order valence-electron chi connectivity index (χ0n) is 10.6. The van der Waals surface area contributed by atoms with E-state index >= 15 is 0 Å². The van der Waals surface area contributed by atoms with E-state index in [4.69, 9.17) is 9.57 Å². The Hall–Kier alpha value is -2.49. The number of rotatable bonds is 5. The topological polar surface area (TPSA) is 38.8 Å². The molecule has 0 aliphatic rings. The molecule has 19 heavy (non-hydrogen) atoms. The van der Waals surface area contributed by atoms with Crippen LogP contribution in [0.1, 0.15) is 5.56 Å². The average molecular weight is 256 g/mol. The van der Waals surface area contributed by atoms with Crippen LogP contribution >= 0.6 is 0 Å². The molecule has 0 spiro atoms. The van der Waals surface area contributed by atoms with Gasteiger partial charge in [-0.15, -0.1) is 5.06 Å². The van der Waals surface area contributed by atoms with Gasteiger partial charge in [0.05, 0.1) is 12.8 Å². The first-order valence-electron chi connectivity index (χ1n) is 5.71. The summed E-state index contributed by atoms with van der Waals surface area (Å²) in [6, 6.07) is 14.2. The lowest BCUT2D eigenvalue weighted by atomic mass is 10.2. The summed E-state index contributed by atoms with van der Waals surface area (Å²) in [7, 11) is 1.57. The normalized spacial score (nSPS) is 9.79. The Balaban J connectivity index is 2.18. The van der Waals surface area contributed by atoms with Gasteiger partial charge in [0.25, 0.3) is 0 Å². The maximum atomic E-state index is 11.1. The van der Waals surface area contributed by atoms with Gasteiger partial charge in [0.15, 0.2) is 5.75 Å². The van der Waals surface area contributed by atoms with Crippen molar-refractivity contribution in [2.75, 3.05) is 12.2 Å². The number of carbonyl (C=O) groups excluding carboxylic acids is 1. The van der Waals surface area contributed by atoms with Crippen molar-refractivity contribution in [1.29, 1.82) is 0 Å². The van der Waals surface area contributed by atoms with Gasteiger partial charge in [0, 0.05) is 6.07 Å². The molecule has 0 aromatic heterocycles. The van der Waals surface area contributed by atoms with E-state index in [0.717, 1.165) is 10.6 Å². The number of anilines is 1. The summed E-state index contributed by atoms with van der Waals surface area (Å²) in [6.45, 7) is 3.79. The Bertz CT molecular complexity index is 552. The fraction of sp³-hybridized carbons (Fsp3) is 0.0667. The van der Waals surface area contributed by atoms with Gasteiger partial charge in [-0.05, 0) is 36.8 Å². The Labute approximate surface area is 112 Å². The van der Waals surface area contributed by atoms with E-state index in [2.05, 4.69) is 6.92 Å². The first-order valence-corrected chi connectivity index (χ1v) is 5.71. The third-order valence-electron chi connectivity index (χ3n) is 2.53. The van der Waals surface area contributed by atoms with Crippen LogP contribution in [0.25, 0.3) is 0 Å². The molecule has 0 saturated carbocycles. The van der Waals surface area contributed by atoms with Crippen LogP contribution < -0.4 is 14.6 Å². The smallest absolute Gasteiger partial charge is 0.247 e. The number of carbonyl (C=O) groups is 1.